The number of methoxy groups -OCH3 is 1. The molecule has 1 aromatic heterocycles. The van der Waals surface area contributed by atoms with Gasteiger partial charge in [-0.2, -0.15) is 5.26 Å². The summed E-state index contributed by atoms with van der Waals surface area (Å²) >= 11 is 0. The summed E-state index contributed by atoms with van der Waals surface area (Å²) in [6, 6.07) is 9.32. The number of rotatable bonds is 7. The average molecular weight is 378 g/mol. The van der Waals surface area contributed by atoms with E-state index in [1.807, 2.05) is 30.3 Å². The topological polar surface area (TPSA) is 92.2 Å². The van der Waals surface area contributed by atoms with Gasteiger partial charge in [0.1, 0.15) is 17.4 Å². The van der Waals surface area contributed by atoms with Crippen LogP contribution >= 0.6 is 0 Å². The van der Waals surface area contributed by atoms with Crippen molar-refractivity contribution in [1.29, 1.82) is 5.26 Å². The first-order valence-corrected chi connectivity index (χ1v) is 8.77. The van der Waals surface area contributed by atoms with E-state index in [0.29, 0.717) is 22.6 Å². The molecule has 0 unspecified atom stereocenters. The van der Waals surface area contributed by atoms with Gasteiger partial charge in [0.05, 0.1) is 25.0 Å². The molecule has 0 spiro atoms. The van der Waals surface area contributed by atoms with E-state index >= 15 is 0 Å². The second-order valence-corrected chi connectivity index (χ2v) is 5.97. The molecule has 144 valence electrons. The van der Waals surface area contributed by atoms with Gasteiger partial charge in [0.25, 0.3) is 0 Å². The highest BCUT2D eigenvalue weighted by Crippen LogP contribution is 2.22. The van der Waals surface area contributed by atoms with Crippen molar-refractivity contribution < 1.29 is 19.1 Å². The molecule has 2 aromatic rings. The minimum Gasteiger partial charge on any atom is -0.496 e. The molecule has 0 amide bonds. The number of aromatic nitrogens is 1. The lowest BCUT2D eigenvalue weighted by atomic mass is 10.0. The first-order chi connectivity index (χ1) is 13.4. The van der Waals surface area contributed by atoms with Crippen LogP contribution in [0.4, 0.5) is 0 Å². The number of ether oxygens (including phenoxy) is 2. The minimum atomic E-state index is -0.494. The van der Waals surface area contributed by atoms with Gasteiger partial charge in [-0.15, -0.1) is 0 Å². The number of H-pyrrole nitrogens is 1. The molecule has 0 fully saturated rings. The van der Waals surface area contributed by atoms with Crippen molar-refractivity contribution in [3.8, 4) is 11.8 Å². The predicted molar refractivity (Wildman–Crippen MR) is 106 cm³/mol. The van der Waals surface area contributed by atoms with Gasteiger partial charge in [-0.25, -0.2) is 4.79 Å². The Kier molecular flexibility index (Phi) is 6.94. The molecule has 1 heterocycles. The Hall–Kier alpha value is -3.59. The van der Waals surface area contributed by atoms with Crippen molar-refractivity contribution in [2.45, 2.75) is 20.8 Å². The number of Topliss-reactive ketones (excluding diaryl/α,β-unsaturated/α-hetero) is 1. The summed E-state index contributed by atoms with van der Waals surface area (Å²) in [6.45, 7) is 5.30. The van der Waals surface area contributed by atoms with E-state index in [4.69, 9.17) is 9.47 Å². The van der Waals surface area contributed by atoms with E-state index < -0.39 is 11.8 Å². The maximum atomic E-state index is 12.8. The highest BCUT2D eigenvalue weighted by Gasteiger charge is 2.24. The first kappa shape index (κ1) is 20.7. The van der Waals surface area contributed by atoms with E-state index in [1.54, 1.807) is 40.0 Å². The lowest BCUT2D eigenvalue weighted by Gasteiger charge is -2.03. The average Bonchev–Trinajstić information content (AvgIpc) is 2.99. The van der Waals surface area contributed by atoms with Crippen LogP contribution in [0.15, 0.2) is 42.0 Å². The van der Waals surface area contributed by atoms with Crippen molar-refractivity contribution in [1.82, 2.24) is 4.98 Å². The summed E-state index contributed by atoms with van der Waals surface area (Å²) in [6.07, 6.45) is 4.81. The number of nitrogens with one attached hydrogen (secondary N) is 1. The fraction of sp³-hybridized carbons (Fsp3) is 0.227. The van der Waals surface area contributed by atoms with Crippen molar-refractivity contribution in [2.24, 2.45) is 0 Å². The van der Waals surface area contributed by atoms with Gasteiger partial charge in [-0.05, 0) is 38.5 Å². The van der Waals surface area contributed by atoms with Crippen LogP contribution in [0, 0.1) is 25.2 Å². The van der Waals surface area contributed by atoms with Crippen LogP contribution in [0.1, 0.15) is 44.6 Å². The molecular weight excluding hydrogens is 356 g/mol. The Bertz CT molecular complexity index is 990. The van der Waals surface area contributed by atoms with E-state index in [2.05, 4.69) is 4.98 Å². The second-order valence-electron chi connectivity index (χ2n) is 5.97. The van der Waals surface area contributed by atoms with Crippen LogP contribution in [0.25, 0.3) is 6.08 Å². The zero-order valence-corrected chi connectivity index (χ0v) is 16.3. The highest BCUT2D eigenvalue weighted by atomic mass is 16.5. The van der Waals surface area contributed by atoms with Gasteiger partial charge in [0.2, 0.25) is 5.78 Å². The number of carbonyl (C=O) groups is 2. The fourth-order valence-corrected chi connectivity index (χ4v) is 2.84. The lowest BCUT2D eigenvalue weighted by Crippen LogP contribution is -2.08. The molecule has 0 aliphatic rings. The van der Waals surface area contributed by atoms with Crippen molar-refractivity contribution in [2.75, 3.05) is 13.7 Å². The normalized spacial score (nSPS) is 11.3. The van der Waals surface area contributed by atoms with Crippen molar-refractivity contribution in [3.63, 3.8) is 0 Å². The van der Waals surface area contributed by atoms with Crippen LogP contribution in [0.2, 0.25) is 0 Å². The van der Waals surface area contributed by atoms with Crippen molar-refractivity contribution in [3.05, 3.63) is 70.1 Å². The molecule has 0 atom stereocenters. The number of para-hydroxylation sites is 1. The highest BCUT2D eigenvalue weighted by molar-refractivity contribution is 6.12. The zero-order chi connectivity index (χ0) is 20.7. The molecule has 1 aromatic carbocycles. The zero-order valence-electron chi connectivity index (χ0n) is 16.3. The third-order valence-electron chi connectivity index (χ3n) is 4.19. The third kappa shape index (κ3) is 4.38. The minimum absolute atomic E-state index is 0.0501. The quantitative estimate of drug-likeness (QED) is 0.257. The van der Waals surface area contributed by atoms with Gasteiger partial charge in [0.15, 0.2) is 0 Å². The first-order valence-electron chi connectivity index (χ1n) is 8.77. The summed E-state index contributed by atoms with van der Waals surface area (Å²) in [5.74, 6) is -0.290. The van der Waals surface area contributed by atoms with Gasteiger partial charge in [-0.3, -0.25) is 4.79 Å². The van der Waals surface area contributed by atoms with E-state index in [1.165, 1.54) is 6.08 Å². The Morgan fingerprint density at radius 1 is 1.25 bits per heavy atom. The molecule has 0 bridgehead atoms. The van der Waals surface area contributed by atoms with Crippen LogP contribution < -0.4 is 4.74 Å². The molecule has 0 saturated carbocycles. The Labute approximate surface area is 164 Å². The molecule has 0 radical (unpaired) electrons. The largest absolute Gasteiger partial charge is 0.496 e. The lowest BCUT2D eigenvalue weighted by molar-refractivity contribution is 0.0525. The number of esters is 1. The SMILES string of the molecule is CCOC(=O)c1c(C)[nH]c(C(=O)/C(C#N)=C/C=C/c2ccccc2OC)c1C. The molecule has 0 aliphatic heterocycles. The van der Waals surface area contributed by atoms with E-state index in [0.717, 1.165) is 5.56 Å². The number of aryl methyl sites for hydroxylation is 1. The maximum Gasteiger partial charge on any atom is 0.340 e. The molecule has 6 heteroatoms. The molecule has 28 heavy (non-hydrogen) atoms. The van der Waals surface area contributed by atoms with Gasteiger partial charge >= 0.3 is 5.97 Å². The van der Waals surface area contributed by atoms with Crippen LogP contribution in [0.3, 0.4) is 0 Å². The monoisotopic (exact) mass is 378 g/mol. The number of nitriles is 1. The summed E-state index contributed by atoms with van der Waals surface area (Å²) in [7, 11) is 1.57. The number of aromatic amines is 1. The van der Waals surface area contributed by atoms with Crippen LogP contribution in [-0.2, 0) is 4.74 Å². The van der Waals surface area contributed by atoms with E-state index in [9.17, 15) is 14.9 Å². The molecule has 1 N–H and O–H groups in total. The smallest absolute Gasteiger partial charge is 0.340 e. The number of hydrogen-bond donors (Lipinski definition) is 1. The maximum absolute atomic E-state index is 12.8. The summed E-state index contributed by atoms with van der Waals surface area (Å²) in [4.78, 5) is 27.8. The van der Waals surface area contributed by atoms with Crippen molar-refractivity contribution >= 4 is 17.8 Å². The summed E-state index contributed by atoms with van der Waals surface area (Å²) < 4.78 is 10.3. The summed E-state index contributed by atoms with van der Waals surface area (Å²) in [5, 5.41) is 9.41. The van der Waals surface area contributed by atoms with E-state index in [-0.39, 0.29) is 17.9 Å². The Morgan fingerprint density at radius 3 is 2.61 bits per heavy atom. The number of allylic oxidation sites excluding steroid dienone is 3. The predicted octanol–water partition coefficient (Wildman–Crippen LogP) is 4.16. The molecule has 0 saturated heterocycles. The standard InChI is InChI=1S/C22H22N2O4/c1-5-28-22(26)19-14(2)20(24-15(19)3)21(25)17(13-23)11-8-10-16-9-6-7-12-18(16)27-4/h6-12,24H,5H2,1-4H3/b10-8+,17-11+. The van der Waals surface area contributed by atoms with Gasteiger partial charge in [0, 0.05) is 11.3 Å². The van der Waals surface area contributed by atoms with Gasteiger partial charge in [-0.1, -0.05) is 30.4 Å². The van der Waals surface area contributed by atoms with Crippen LogP contribution in [-0.4, -0.2) is 30.5 Å². The molecule has 6 nitrogen and oxygen atoms in total. The third-order valence-corrected chi connectivity index (χ3v) is 4.19. The van der Waals surface area contributed by atoms with Gasteiger partial charge < -0.3 is 14.5 Å². The number of benzene rings is 1. The van der Waals surface area contributed by atoms with Crippen LogP contribution in [0.5, 0.6) is 5.75 Å². The second kappa shape index (κ2) is 9.38. The summed E-state index contributed by atoms with van der Waals surface area (Å²) in [5.41, 5.74) is 2.30. The number of ketones is 1. The fourth-order valence-electron chi connectivity index (χ4n) is 2.84. The number of hydrogen-bond acceptors (Lipinski definition) is 5. The molecule has 2 rings (SSSR count). The number of nitrogens with zero attached hydrogens (tertiary/aromatic N) is 1. The Balaban J connectivity index is 2.33. The Morgan fingerprint density at radius 2 is 1.96 bits per heavy atom. The molecular formula is C22H22N2O4. The number of carbonyl (C=O) groups excluding carboxylic acids is 2. The molecule has 0 aliphatic carbocycles.